The minimum absolute atomic E-state index is 0.136. The summed E-state index contributed by atoms with van der Waals surface area (Å²) in [5.41, 5.74) is 4.96. The fourth-order valence-electron chi connectivity index (χ4n) is 4.27. The van der Waals surface area contributed by atoms with Gasteiger partial charge in [0.2, 0.25) is 11.1 Å². The number of nitrogens with zero attached hydrogens (tertiary/aromatic N) is 7. The lowest BCUT2D eigenvalue weighted by atomic mass is 10.1. The molecule has 1 saturated heterocycles. The van der Waals surface area contributed by atoms with Crippen molar-refractivity contribution in [1.29, 1.82) is 0 Å². The van der Waals surface area contributed by atoms with Gasteiger partial charge in [0, 0.05) is 60.6 Å². The molecule has 1 aromatic carbocycles. The number of benzene rings is 1. The van der Waals surface area contributed by atoms with Crippen LogP contribution in [0.15, 0.2) is 40.9 Å². The van der Waals surface area contributed by atoms with Gasteiger partial charge in [0.1, 0.15) is 5.01 Å². The average molecular weight is 494 g/mol. The summed E-state index contributed by atoms with van der Waals surface area (Å²) >= 11 is 3.17. The van der Waals surface area contributed by atoms with E-state index in [9.17, 15) is 4.79 Å². The molecule has 0 radical (unpaired) electrons. The molecule has 4 heterocycles. The molecular weight excluding hydrogens is 466 g/mol. The van der Waals surface area contributed by atoms with Crippen LogP contribution in [0, 0.1) is 13.8 Å². The number of hydrogen-bond donors (Lipinski definition) is 0. The zero-order valence-corrected chi connectivity index (χ0v) is 21.2. The number of carbonyl (C=O) groups excluding carboxylic acids is 1. The van der Waals surface area contributed by atoms with E-state index in [4.69, 9.17) is 4.98 Å². The molecule has 176 valence electrons. The summed E-state index contributed by atoms with van der Waals surface area (Å²) in [6.45, 7) is 7.88. The van der Waals surface area contributed by atoms with E-state index in [0.29, 0.717) is 17.4 Å². The molecular formula is C24H27N7OS2. The molecule has 34 heavy (non-hydrogen) atoms. The van der Waals surface area contributed by atoms with Crippen LogP contribution in [0.3, 0.4) is 0 Å². The maximum Gasteiger partial charge on any atom is 0.253 e. The van der Waals surface area contributed by atoms with Crippen molar-refractivity contribution >= 4 is 34.8 Å². The number of thioether (sulfide) groups is 1. The van der Waals surface area contributed by atoms with Gasteiger partial charge in [0.25, 0.3) is 5.78 Å². The molecule has 1 fully saturated rings. The number of carbonyl (C=O) groups is 1. The first-order valence-corrected chi connectivity index (χ1v) is 13.4. The second-order valence-corrected chi connectivity index (χ2v) is 10.0. The quantitative estimate of drug-likeness (QED) is 0.381. The maximum atomic E-state index is 13.1. The molecule has 1 aliphatic heterocycles. The molecule has 0 saturated carbocycles. The fraction of sp³-hybridized carbons (Fsp3) is 0.375. The monoisotopic (exact) mass is 493 g/mol. The fourth-order valence-corrected chi connectivity index (χ4v) is 5.43. The van der Waals surface area contributed by atoms with Crippen LogP contribution in [0.1, 0.15) is 22.6 Å². The lowest BCUT2D eigenvalue weighted by Gasteiger charge is -2.34. The summed E-state index contributed by atoms with van der Waals surface area (Å²) in [6.07, 6.45) is 2.28. The summed E-state index contributed by atoms with van der Waals surface area (Å²) in [5, 5.41) is 8.37. The Kier molecular flexibility index (Phi) is 6.62. The SMILES string of the molecule is CSc1nc2nc(C)c(CC(=O)N3CCN(Cc4csc(-c5ccccc5)n4)CC3)c(C)n2n1. The highest BCUT2D eigenvalue weighted by Crippen LogP contribution is 2.24. The van der Waals surface area contributed by atoms with Crippen LogP contribution in [0.4, 0.5) is 0 Å². The van der Waals surface area contributed by atoms with Gasteiger partial charge in [0.15, 0.2) is 0 Å². The highest BCUT2D eigenvalue weighted by molar-refractivity contribution is 7.98. The number of fused-ring (bicyclic) bond motifs is 1. The third kappa shape index (κ3) is 4.70. The largest absolute Gasteiger partial charge is 0.340 e. The summed E-state index contributed by atoms with van der Waals surface area (Å²) in [4.78, 5) is 31.3. The number of hydrogen-bond acceptors (Lipinski definition) is 8. The van der Waals surface area contributed by atoms with Gasteiger partial charge in [-0.2, -0.15) is 4.98 Å². The van der Waals surface area contributed by atoms with Crippen LogP contribution in [0.25, 0.3) is 16.3 Å². The van der Waals surface area contributed by atoms with Gasteiger partial charge >= 0.3 is 0 Å². The Balaban J connectivity index is 1.19. The Bertz CT molecular complexity index is 1310. The summed E-state index contributed by atoms with van der Waals surface area (Å²) in [5.74, 6) is 0.721. The number of aryl methyl sites for hydroxylation is 2. The first-order chi connectivity index (χ1) is 16.5. The first-order valence-electron chi connectivity index (χ1n) is 11.3. The van der Waals surface area contributed by atoms with E-state index in [1.165, 1.54) is 11.8 Å². The smallest absolute Gasteiger partial charge is 0.253 e. The van der Waals surface area contributed by atoms with Crippen LogP contribution in [-0.2, 0) is 17.8 Å². The lowest BCUT2D eigenvalue weighted by molar-refractivity contribution is -0.132. The van der Waals surface area contributed by atoms with E-state index in [1.54, 1.807) is 15.9 Å². The third-order valence-corrected chi connectivity index (χ3v) is 7.70. The number of rotatable bonds is 6. The molecule has 0 unspecified atom stereocenters. The Morgan fingerprint density at radius 2 is 1.82 bits per heavy atom. The van der Waals surface area contributed by atoms with Crippen molar-refractivity contribution in [2.75, 3.05) is 32.4 Å². The van der Waals surface area contributed by atoms with Crippen molar-refractivity contribution in [2.24, 2.45) is 0 Å². The average Bonchev–Trinajstić information content (AvgIpc) is 3.50. The molecule has 10 heteroatoms. The molecule has 1 aliphatic rings. The molecule has 0 bridgehead atoms. The maximum absolute atomic E-state index is 13.1. The topological polar surface area (TPSA) is 79.5 Å². The Morgan fingerprint density at radius 1 is 1.06 bits per heavy atom. The standard InChI is InChI=1S/C24H27N7OS2/c1-16-20(17(2)31-23(25-16)27-24(28-31)33-3)13-21(32)30-11-9-29(10-12-30)14-19-15-34-22(26-19)18-7-5-4-6-8-18/h4-8,15H,9-14H2,1-3H3. The zero-order chi connectivity index (χ0) is 23.7. The van der Waals surface area contributed by atoms with E-state index in [-0.39, 0.29) is 5.91 Å². The number of aromatic nitrogens is 5. The molecule has 0 N–H and O–H groups in total. The Morgan fingerprint density at radius 3 is 2.56 bits per heavy atom. The highest BCUT2D eigenvalue weighted by atomic mass is 32.2. The second kappa shape index (κ2) is 9.81. The van der Waals surface area contributed by atoms with Gasteiger partial charge in [-0.05, 0) is 20.1 Å². The van der Waals surface area contributed by atoms with Crippen LogP contribution in [0.5, 0.6) is 0 Å². The van der Waals surface area contributed by atoms with Crippen LogP contribution >= 0.6 is 23.1 Å². The van der Waals surface area contributed by atoms with Gasteiger partial charge in [-0.3, -0.25) is 9.69 Å². The number of piperazine rings is 1. The van der Waals surface area contributed by atoms with Crippen molar-refractivity contribution in [3.63, 3.8) is 0 Å². The molecule has 8 nitrogen and oxygen atoms in total. The van der Waals surface area contributed by atoms with E-state index in [0.717, 1.165) is 65.9 Å². The van der Waals surface area contributed by atoms with Gasteiger partial charge < -0.3 is 4.90 Å². The van der Waals surface area contributed by atoms with Crippen LogP contribution < -0.4 is 0 Å². The van der Waals surface area contributed by atoms with Crippen molar-refractivity contribution in [1.82, 2.24) is 34.4 Å². The Hall–Kier alpha value is -2.82. The lowest BCUT2D eigenvalue weighted by Crippen LogP contribution is -2.48. The normalized spacial score (nSPS) is 14.7. The highest BCUT2D eigenvalue weighted by Gasteiger charge is 2.24. The minimum Gasteiger partial charge on any atom is -0.340 e. The summed E-state index contributed by atoms with van der Waals surface area (Å²) in [6, 6.07) is 10.3. The predicted octanol–water partition coefficient (Wildman–Crippen LogP) is 3.47. The van der Waals surface area contributed by atoms with Gasteiger partial charge in [-0.1, -0.05) is 42.1 Å². The number of amides is 1. The molecule has 4 aromatic rings. The van der Waals surface area contributed by atoms with Crippen molar-refractivity contribution < 1.29 is 4.79 Å². The van der Waals surface area contributed by atoms with Crippen LogP contribution in [-0.4, -0.2) is 72.7 Å². The van der Waals surface area contributed by atoms with Crippen molar-refractivity contribution in [2.45, 2.75) is 32.0 Å². The van der Waals surface area contributed by atoms with E-state index in [2.05, 4.69) is 37.5 Å². The van der Waals surface area contributed by atoms with Crippen LogP contribution in [0.2, 0.25) is 0 Å². The predicted molar refractivity (Wildman–Crippen MR) is 135 cm³/mol. The van der Waals surface area contributed by atoms with E-state index >= 15 is 0 Å². The second-order valence-electron chi connectivity index (χ2n) is 8.42. The first kappa shape index (κ1) is 22.9. The van der Waals surface area contributed by atoms with E-state index in [1.807, 2.05) is 43.2 Å². The molecule has 3 aromatic heterocycles. The zero-order valence-electron chi connectivity index (χ0n) is 19.6. The molecule has 1 amide bonds. The summed E-state index contributed by atoms with van der Waals surface area (Å²) in [7, 11) is 0. The molecule has 0 atom stereocenters. The Labute approximate surface area is 207 Å². The van der Waals surface area contributed by atoms with Gasteiger partial charge in [-0.25, -0.2) is 14.5 Å². The van der Waals surface area contributed by atoms with Gasteiger partial charge in [0.05, 0.1) is 12.1 Å². The third-order valence-electron chi connectivity index (χ3n) is 6.22. The molecule has 0 aliphatic carbocycles. The van der Waals surface area contributed by atoms with Crippen molar-refractivity contribution in [3.8, 4) is 10.6 Å². The summed E-state index contributed by atoms with van der Waals surface area (Å²) < 4.78 is 1.75. The van der Waals surface area contributed by atoms with Gasteiger partial charge in [-0.15, -0.1) is 16.4 Å². The number of thiazole rings is 1. The van der Waals surface area contributed by atoms with Crippen molar-refractivity contribution in [3.05, 3.63) is 58.4 Å². The minimum atomic E-state index is 0.136. The molecule has 5 rings (SSSR count). The molecule has 0 spiro atoms. The van der Waals surface area contributed by atoms with E-state index < -0.39 is 0 Å².